The van der Waals surface area contributed by atoms with Crippen molar-refractivity contribution in [3.8, 4) is 0 Å². The van der Waals surface area contributed by atoms with Gasteiger partial charge in [0.1, 0.15) is 0 Å². The summed E-state index contributed by atoms with van der Waals surface area (Å²) < 4.78 is 21.6. The van der Waals surface area contributed by atoms with Gasteiger partial charge >= 0.3 is 0 Å². The Morgan fingerprint density at radius 1 is 0.525 bits per heavy atom. The van der Waals surface area contributed by atoms with Gasteiger partial charge in [0.25, 0.3) is 0 Å². The van der Waals surface area contributed by atoms with E-state index >= 15 is 0 Å². The number of ether oxygens (including phenoxy) is 4. The monoisotopic (exact) mass is 542 g/mol. The van der Waals surface area contributed by atoms with Crippen LogP contribution in [0.15, 0.2) is 36.4 Å². The minimum Gasteiger partial charge on any atom is -0.384 e. The van der Waals surface area contributed by atoms with Crippen LogP contribution in [0, 0.1) is 0 Å². The van der Waals surface area contributed by atoms with Crippen LogP contribution in [0.1, 0.15) is 46.7 Å². The number of aromatic nitrogens is 4. The SMILES string of the molecule is COCCC1=Cc2nc1ccc1nc(c3cc(CCOC)c(ccc4[nH]c2cc4CCOC)[nH]3)C=C1CCOC. The first-order chi connectivity index (χ1) is 19.6. The van der Waals surface area contributed by atoms with Crippen LogP contribution in [0.4, 0.5) is 0 Å². The average molecular weight is 543 g/mol. The number of hydrogen-bond acceptors (Lipinski definition) is 6. The van der Waals surface area contributed by atoms with E-state index in [2.05, 4.69) is 58.5 Å². The molecule has 0 saturated heterocycles. The van der Waals surface area contributed by atoms with E-state index in [0.717, 1.165) is 81.7 Å². The lowest BCUT2D eigenvalue weighted by Gasteiger charge is -2.01. The number of hydrogen-bond donors (Lipinski definition) is 2. The summed E-state index contributed by atoms with van der Waals surface area (Å²) in [6, 6.07) is 12.8. The van der Waals surface area contributed by atoms with Crippen molar-refractivity contribution in [2.75, 3.05) is 54.9 Å². The van der Waals surface area contributed by atoms with Gasteiger partial charge in [-0.2, -0.15) is 0 Å². The summed E-state index contributed by atoms with van der Waals surface area (Å²) in [6.07, 6.45) is 7.47. The van der Waals surface area contributed by atoms with Crippen LogP contribution in [0.2, 0.25) is 0 Å². The summed E-state index contributed by atoms with van der Waals surface area (Å²) in [5.41, 5.74) is 12.4. The summed E-state index contributed by atoms with van der Waals surface area (Å²) in [7, 11) is 6.92. The van der Waals surface area contributed by atoms with Crippen molar-refractivity contribution in [2.45, 2.75) is 25.7 Å². The molecule has 0 atom stereocenters. The third-order valence-corrected chi connectivity index (χ3v) is 7.30. The van der Waals surface area contributed by atoms with Crippen molar-refractivity contribution in [1.29, 1.82) is 0 Å². The van der Waals surface area contributed by atoms with Crippen molar-refractivity contribution in [3.05, 3.63) is 70.3 Å². The lowest BCUT2D eigenvalue weighted by molar-refractivity contribution is 0.202. The zero-order valence-corrected chi connectivity index (χ0v) is 23.8. The van der Waals surface area contributed by atoms with Gasteiger partial charge in [0.2, 0.25) is 0 Å². The number of fused-ring (bicyclic) bond motifs is 10. The summed E-state index contributed by atoms with van der Waals surface area (Å²) >= 11 is 0. The zero-order valence-electron chi connectivity index (χ0n) is 23.8. The lowest BCUT2D eigenvalue weighted by Crippen LogP contribution is -1.93. The molecule has 0 spiro atoms. The van der Waals surface area contributed by atoms with Crippen LogP contribution in [-0.4, -0.2) is 74.8 Å². The van der Waals surface area contributed by atoms with Crippen molar-refractivity contribution in [1.82, 2.24) is 19.9 Å². The zero-order chi connectivity index (χ0) is 27.9. The van der Waals surface area contributed by atoms with Crippen LogP contribution in [0.3, 0.4) is 0 Å². The quantitative estimate of drug-likeness (QED) is 0.298. The van der Waals surface area contributed by atoms with Crippen LogP contribution in [0.5, 0.6) is 0 Å². The Bertz CT molecular complexity index is 1450. The molecule has 2 aliphatic heterocycles. The third kappa shape index (κ3) is 6.26. The van der Waals surface area contributed by atoms with E-state index in [9.17, 15) is 0 Å². The number of nitrogens with one attached hydrogen (secondary N) is 2. The van der Waals surface area contributed by atoms with Crippen molar-refractivity contribution < 1.29 is 18.9 Å². The summed E-state index contributed by atoms with van der Waals surface area (Å²) in [5, 5.41) is 0. The summed E-state index contributed by atoms with van der Waals surface area (Å²) in [5.74, 6) is 0. The third-order valence-electron chi connectivity index (χ3n) is 7.30. The predicted molar refractivity (Wildman–Crippen MR) is 161 cm³/mol. The van der Waals surface area contributed by atoms with Crippen molar-refractivity contribution in [3.63, 3.8) is 0 Å². The standard InChI is InChI=1S/C32H38N4O4/c1-37-13-9-21-17-29-30-18-22(10-14-38-2)27(34-30)7-8-28-24(12-16-40-4)20-32(36-28)31-19-23(11-15-39-3)26(35-31)6-5-25(21)33-29/h5-8,17-20,33,35H,9-16H2,1-4H3. The molecule has 0 amide bonds. The second-order valence-corrected chi connectivity index (χ2v) is 9.99. The van der Waals surface area contributed by atoms with Gasteiger partial charge in [-0.3, -0.25) is 0 Å². The second-order valence-electron chi connectivity index (χ2n) is 9.99. The Hall–Kier alpha value is -3.56. The van der Waals surface area contributed by atoms with Gasteiger partial charge in [0.05, 0.1) is 60.2 Å². The Morgan fingerprint density at radius 3 is 1.32 bits per heavy atom. The van der Waals surface area contributed by atoms with E-state index in [1.54, 1.807) is 28.4 Å². The first-order valence-electron chi connectivity index (χ1n) is 13.7. The molecule has 3 aromatic rings. The second kappa shape index (κ2) is 13.2. The Labute approximate surface area is 235 Å². The number of nitrogens with zero attached hydrogens (tertiary/aromatic N) is 2. The van der Waals surface area contributed by atoms with E-state index in [4.69, 9.17) is 28.9 Å². The van der Waals surface area contributed by atoms with E-state index in [-0.39, 0.29) is 0 Å². The number of aromatic amines is 2. The van der Waals surface area contributed by atoms with E-state index < -0.39 is 0 Å². The lowest BCUT2D eigenvalue weighted by atomic mass is 10.1. The maximum absolute atomic E-state index is 5.40. The molecule has 0 saturated carbocycles. The topological polar surface area (TPSA) is 94.3 Å². The van der Waals surface area contributed by atoms with E-state index in [0.29, 0.717) is 26.4 Å². The van der Waals surface area contributed by atoms with Crippen LogP contribution < -0.4 is 0 Å². The smallest absolute Gasteiger partial charge is 0.0875 e. The molecule has 8 heteroatoms. The van der Waals surface area contributed by atoms with Gasteiger partial charge in [-0.05, 0) is 96.5 Å². The van der Waals surface area contributed by atoms with E-state index in [1.807, 2.05) is 0 Å². The number of rotatable bonds is 12. The highest BCUT2D eigenvalue weighted by Crippen LogP contribution is 2.30. The van der Waals surface area contributed by atoms with Crippen LogP contribution in [0.25, 0.3) is 45.4 Å². The fourth-order valence-corrected chi connectivity index (χ4v) is 5.10. The first-order valence-corrected chi connectivity index (χ1v) is 13.7. The van der Waals surface area contributed by atoms with Crippen molar-refractivity contribution >= 4 is 45.4 Å². The normalized spacial score (nSPS) is 13.0. The van der Waals surface area contributed by atoms with Crippen LogP contribution in [-0.2, 0) is 31.8 Å². The van der Waals surface area contributed by atoms with Gasteiger partial charge in [-0.25, -0.2) is 9.97 Å². The minimum absolute atomic E-state index is 0.627. The molecule has 0 fully saturated rings. The molecular weight excluding hydrogens is 504 g/mol. The molecule has 40 heavy (non-hydrogen) atoms. The maximum atomic E-state index is 5.40. The van der Waals surface area contributed by atoms with Gasteiger partial charge in [-0.1, -0.05) is 0 Å². The molecule has 2 N–H and O–H groups in total. The predicted octanol–water partition coefficient (Wildman–Crippen LogP) is 5.85. The average Bonchev–Trinajstić information content (AvgIpc) is 3.74. The first kappa shape index (κ1) is 28.0. The molecule has 5 rings (SSSR count). The molecule has 210 valence electrons. The molecule has 0 aromatic carbocycles. The highest BCUT2D eigenvalue weighted by molar-refractivity contribution is 5.90. The summed E-state index contributed by atoms with van der Waals surface area (Å²) in [6.45, 7) is 2.53. The largest absolute Gasteiger partial charge is 0.384 e. The molecule has 0 aliphatic carbocycles. The maximum Gasteiger partial charge on any atom is 0.0875 e. The number of H-pyrrole nitrogens is 2. The fourth-order valence-electron chi connectivity index (χ4n) is 5.10. The molecule has 0 unspecified atom stereocenters. The van der Waals surface area contributed by atoms with Gasteiger partial charge in [0, 0.05) is 39.5 Å². The van der Waals surface area contributed by atoms with Gasteiger partial charge < -0.3 is 28.9 Å². The van der Waals surface area contributed by atoms with E-state index in [1.165, 1.54) is 11.1 Å². The molecule has 0 radical (unpaired) electrons. The molecule has 5 heterocycles. The molecule has 8 bridgehead atoms. The Kier molecular flexibility index (Phi) is 9.23. The van der Waals surface area contributed by atoms with Crippen LogP contribution >= 0.6 is 0 Å². The highest BCUT2D eigenvalue weighted by Gasteiger charge is 2.16. The minimum atomic E-state index is 0.627. The fraction of sp³-hybridized carbons (Fsp3) is 0.375. The summed E-state index contributed by atoms with van der Waals surface area (Å²) in [4.78, 5) is 17.3. The van der Waals surface area contributed by atoms with Gasteiger partial charge in [-0.15, -0.1) is 0 Å². The van der Waals surface area contributed by atoms with Gasteiger partial charge in [0.15, 0.2) is 0 Å². The highest BCUT2D eigenvalue weighted by atomic mass is 16.5. The Balaban J connectivity index is 1.78. The van der Waals surface area contributed by atoms with Crippen molar-refractivity contribution in [2.24, 2.45) is 0 Å². The molecule has 8 nitrogen and oxygen atoms in total. The molecule has 3 aromatic heterocycles. The molecule has 2 aliphatic rings. The number of methoxy groups -OCH3 is 4. The Morgan fingerprint density at radius 2 is 0.925 bits per heavy atom. The molecular formula is C32H38N4O4.